The third kappa shape index (κ3) is 36.0. The number of aliphatic hydroxyl groups is 4. The van der Waals surface area contributed by atoms with Crippen LogP contribution in [0.5, 0.6) is 0 Å². The molecule has 312 valence electrons. The maximum absolute atomic E-state index is 12.5. The summed E-state index contributed by atoms with van der Waals surface area (Å²) in [4.78, 5) is 12.5. The van der Waals surface area contributed by atoms with Crippen molar-refractivity contribution in [3.8, 4) is 0 Å². The van der Waals surface area contributed by atoms with Gasteiger partial charge in [0.2, 0.25) is 5.91 Å². The van der Waals surface area contributed by atoms with Gasteiger partial charge in [0.1, 0.15) is 12.2 Å². The van der Waals surface area contributed by atoms with Crippen molar-refractivity contribution in [2.24, 2.45) is 0 Å². The third-order valence-corrected chi connectivity index (χ3v) is 10.6. The van der Waals surface area contributed by atoms with Crippen LogP contribution in [0.1, 0.15) is 226 Å². The lowest BCUT2D eigenvalue weighted by Gasteiger charge is -2.27. The first-order valence-corrected chi connectivity index (χ1v) is 22.9. The average molecular weight is 748 g/mol. The van der Waals surface area contributed by atoms with Crippen LogP contribution in [0, 0.1) is 0 Å². The van der Waals surface area contributed by atoms with Crippen LogP contribution in [0.3, 0.4) is 0 Å². The Hall–Kier alpha value is -1.47. The molecule has 0 aliphatic carbocycles. The van der Waals surface area contributed by atoms with Crippen LogP contribution in [0.25, 0.3) is 0 Å². The maximum Gasteiger partial charge on any atom is 0.249 e. The zero-order valence-corrected chi connectivity index (χ0v) is 35.0. The standard InChI is InChI=1S/C47H89NO5/c1-3-5-7-9-11-13-14-15-16-17-18-19-20-21-22-23-24-25-26-27-28-29-30-31-33-35-37-39-41-45(51)47(53)48-43(42-49)46(52)44(50)40-38-36-34-32-12-10-8-6-4-2/h6,8,21-22,32,34,43-46,49-52H,3-5,7,9-20,23-31,33,35-42H2,1-2H3,(H,48,53)/b8-6+,22-21-,34-32+. The molecule has 0 aromatic carbocycles. The number of hydrogen-bond donors (Lipinski definition) is 5. The van der Waals surface area contributed by atoms with E-state index in [4.69, 9.17) is 0 Å². The van der Waals surface area contributed by atoms with Crippen molar-refractivity contribution in [1.29, 1.82) is 0 Å². The summed E-state index contributed by atoms with van der Waals surface area (Å²) in [5.74, 6) is -0.600. The second-order valence-corrected chi connectivity index (χ2v) is 15.7. The SMILES string of the molecule is CC/C=C/CC/C=C/CCCC(O)C(O)C(CO)NC(=O)C(O)CCCCCCCCCCCCCC/C=C\CCCCCCCCCCCCCC. The number of carbonyl (C=O) groups excluding carboxylic acids is 1. The summed E-state index contributed by atoms with van der Waals surface area (Å²) in [5.41, 5.74) is 0. The molecule has 0 heterocycles. The molecule has 53 heavy (non-hydrogen) atoms. The number of amides is 1. The van der Waals surface area contributed by atoms with Crippen LogP contribution in [0.15, 0.2) is 36.5 Å². The van der Waals surface area contributed by atoms with E-state index in [0.29, 0.717) is 19.3 Å². The van der Waals surface area contributed by atoms with E-state index in [1.807, 2.05) is 0 Å². The topological polar surface area (TPSA) is 110 Å². The van der Waals surface area contributed by atoms with Gasteiger partial charge in [-0.3, -0.25) is 4.79 Å². The molecule has 6 nitrogen and oxygen atoms in total. The summed E-state index contributed by atoms with van der Waals surface area (Å²) in [7, 11) is 0. The fraction of sp³-hybridized carbons (Fsp3) is 0.851. The number of carbonyl (C=O) groups is 1. The van der Waals surface area contributed by atoms with E-state index in [-0.39, 0.29) is 0 Å². The first kappa shape index (κ1) is 51.5. The van der Waals surface area contributed by atoms with Gasteiger partial charge < -0.3 is 25.7 Å². The van der Waals surface area contributed by atoms with Gasteiger partial charge in [-0.2, -0.15) is 0 Å². The first-order chi connectivity index (χ1) is 26.0. The van der Waals surface area contributed by atoms with Gasteiger partial charge in [0.05, 0.1) is 18.8 Å². The van der Waals surface area contributed by atoms with E-state index in [9.17, 15) is 25.2 Å². The van der Waals surface area contributed by atoms with Gasteiger partial charge in [0.15, 0.2) is 0 Å². The van der Waals surface area contributed by atoms with E-state index in [2.05, 4.69) is 55.6 Å². The molecule has 0 saturated heterocycles. The summed E-state index contributed by atoms with van der Waals surface area (Å²) in [6.07, 6.45) is 49.3. The first-order valence-electron chi connectivity index (χ1n) is 22.9. The maximum atomic E-state index is 12.5. The number of nitrogens with one attached hydrogen (secondary N) is 1. The predicted molar refractivity (Wildman–Crippen MR) is 228 cm³/mol. The Bertz CT molecular complexity index is 843. The summed E-state index contributed by atoms with van der Waals surface area (Å²) < 4.78 is 0. The van der Waals surface area contributed by atoms with Gasteiger partial charge in [-0.25, -0.2) is 0 Å². The molecule has 0 radical (unpaired) electrons. The van der Waals surface area contributed by atoms with Gasteiger partial charge in [0, 0.05) is 0 Å². The molecule has 0 aliphatic rings. The van der Waals surface area contributed by atoms with Crippen molar-refractivity contribution in [3.63, 3.8) is 0 Å². The molecule has 0 aliphatic heterocycles. The average Bonchev–Trinajstić information content (AvgIpc) is 3.16. The highest BCUT2D eigenvalue weighted by Crippen LogP contribution is 2.16. The highest BCUT2D eigenvalue weighted by Gasteiger charge is 2.28. The minimum Gasteiger partial charge on any atom is -0.394 e. The Balaban J connectivity index is 3.61. The molecule has 6 heteroatoms. The van der Waals surface area contributed by atoms with Crippen molar-refractivity contribution < 1.29 is 25.2 Å². The lowest BCUT2D eigenvalue weighted by molar-refractivity contribution is -0.132. The van der Waals surface area contributed by atoms with Crippen molar-refractivity contribution in [2.75, 3.05) is 6.61 Å². The molecule has 4 atom stereocenters. The number of allylic oxidation sites excluding steroid dienone is 6. The second-order valence-electron chi connectivity index (χ2n) is 15.7. The van der Waals surface area contributed by atoms with Crippen LogP contribution in [0.2, 0.25) is 0 Å². The predicted octanol–water partition coefficient (Wildman–Crippen LogP) is 12.1. The van der Waals surface area contributed by atoms with Crippen molar-refractivity contribution in [3.05, 3.63) is 36.5 Å². The molecule has 0 fully saturated rings. The molecule has 0 spiro atoms. The Morgan fingerprint density at radius 2 is 0.849 bits per heavy atom. The molecule has 0 rings (SSSR count). The van der Waals surface area contributed by atoms with Crippen LogP contribution >= 0.6 is 0 Å². The zero-order chi connectivity index (χ0) is 38.9. The smallest absolute Gasteiger partial charge is 0.249 e. The van der Waals surface area contributed by atoms with Gasteiger partial charge in [-0.1, -0.05) is 192 Å². The van der Waals surface area contributed by atoms with E-state index in [1.165, 1.54) is 148 Å². The summed E-state index contributed by atoms with van der Waals surface area (Å²) in [5, 5.41) is 43.4. The molecule has 1 amide bonds. The van der Waals surface area contributed by atoms with E-state index in [1.54, 1.807) is 0 Å². The van der Waals surface area contributed by atoms with Crippen LogP contribution < -0.4 is 5.32 Å². The van der Waals surface area contributed by atoms with Gasteiger partial charge in [-0.05, 0) is 70.6 Å². The number of hydrogen-bond acceptors (Lipinski definition) is 5. The molecule has 0 aromatic heterocycles. The summed E-state index contributed by atoms with van der Waals surface area (Å²) in [6, 6.07) is -1.01. The molecule has 0 saturated carbocycles. The van der Waals surface area contributed by atoms with E-state index in [0.717, 1.165) is 44.9 Å². The van der Waals surface area contributed by atoms with E-state index >= 15 is 0 Å². The monoisotopic (exact) mass is 748 g/mol. The van der Waals surface area contributed by atoms with Crippen molar-refractivity contribution >= 4 is 5.91 Å². The lowest BCUT2D eigenvalue weighted by Crippen LogP contribution is -2.53. The number of rotatable bonds is 41. The normalized spacial score (nSPS) is 14.5. The molecular weight excluding hydrogens is 659 g/mol. The minimum absolute atomic E-state index is 0.360. The Morgan fingerprint density at radius 1 is 0.472 bits per heavy atom. The zero-order valence-electron chi connectivity index (χ0n) is 35.0. The van der Waals surface area contributed by atoms with E-state index < -0.39 is 36.9 Å². The fourth-order valence-electron chi connectivity index (χ4n) is 6.95. The molecule has 4 unspecified atom stereocenters. The third-order valence-electron chi connectivity index (χ3n) is 10.6. The van der Waals surface area contributed by atoms with Crippen LogP contribution in [-0.2, 0) is 4.79 Å². The van der Waals surface area contributed by atoms with Crippen molar-refractivity contribution in [1.82, 2.24) is 5.32 Å². The quantitative estimate of drug-likeness (QED) is 0.0316. The Labute approximate surface area is 328 Å². The largest absolute Gasteiger partial charge is 0.394 e. The molecule has 0 aromatic rings. The summed E-state index contributed by atoms with van der Waals surface area (Å²) >= 11 is 0. The van der Waals surface area contributed by atoms with Gasteiger partial charge in [-0.15, -0.1) is 0 Å². The second kappa shape index (κ2) is 41.7. The van der Waals surface area contributed by atoms with Gasteiger partial charge >= 0.3 is 0 Å². The Morgan fingerprint density at radius 3 is 1.28 bits per heavy atom. The lowest BCUT2D eigenvalue weighted by atomic mass is 10.00. The van der Waals surface area contributed by atoms with Crippen LogP contribution in [-0.4, -0.2) is 57.3 Å². The molecule has 5 N–H and O–H groups in total. The van der Waals surface area contributed by atoms with Gasteiger partial charge in [0.25, 0.3) is 0 Å². The highest BCUT2D eigenvalue weighted by atomic mass is 16.3. The Kier molecular flexibility index (Phi) is 40.5. The van der Waals surface area contributed by atoms with Crippen molar-refractivity contribution in [2.45, 2.75) is 250 Å². The highest BCUT2D eigenvalue weighted by molar-refractivity contribution is 5.80. The van der Waals surface area contributed by atoms with Crippen LogP contribution in [0.4, 0.5) is 0 Å². The molecule has 0 bridgehead atoms. The molecular formula is C47H89NO5. The summed E-state index contributed by atoms with van der Waals surface area (Å²) in [6.45, 7) is 3.91. The number of unbranched alkanes of at least 4 members (excludes halogenated alkanes) is 26. The number of aliphatic hydroxyl groups excluding tert-OH is 4. The fourth-order valence-corrected chi connectivity index (χ4v) is 6.95. The minimum atomic E-state index is -1.29.